The molecular formula is C23H22F3N5O4. The molecule has 184 valence electrons. The highest BCUT2D eigenvalue weighted by atomic mass is 19.4. The summed E-state index contributed by atoms with van der Waals surface area (Å²) in [7, 11) is 0. The number of alkyl halides is 3. The van der Waals surface area contributed by atoms with Crippen molar-refractivity contribution in [2.24, 2.45) is 0 Å². The van der Waals surface area contributed by atoms with Crippen LogP contribution in [-0.4, -0.2) is 59.6 Å². The molecule has 1 amide bonds. The van der Waals surface area contributed by atoms with Crippen molar-refractivity contribution in [3.05, 3.63) is 65.6 Å². The average molecular weight is 489 g/mol. The number of benzene rings is 1. The largest absolute Gasteiger partial charge is 0.462 e. The predicted molar refractivity (Wildman–Crippen MR) is 120 cm³/mol. The van der Waals surface area contributed by atoms with Gasteiger partial charge in [0.15, 0.2) is 5.69 Å². The van der Waals surface area contributed by atoms with Gasteiger partial charge in [-0.15, -0.1) is 0 Å². The van der Waals surface area contributed by atoms with Crippen molar-refractivity contribution in [3.63, 3.8) is 0 Å². The van der Waals surface area contributed by atoms with Crippen LogP contribution in [0.4, 0.5) is 24.7 Å². The fourth-order valence-electron chi connectivity index (χ4n) is 3.66. The molecule has 3 heterocycles. The highest BCUT2D eigenvalue weighted by Gasteiger charge is 2.41. The van der Waals surface area contributed by atoms with Crippen LogP contribution in [0.3, 0.4) is 0 Å². The molecule has 12 heteroatoms. The smallest absolute Gasteiger partial charge is 0.434 e. The second-order valence-electron chi connectivity index (χ2n) is 7.51. The molecule has 35 heavy (non-hydrogen) atoms. The van der Waals surface area contributed by atoms with Crippen LogP contribution in [0.15, 0.2) is 48.8 Å². The number of carbonyl (C=O) groups excluding carboxylic acids is 2. The molecule has 2 aromatic heterocycles. The van der Waals surface area contributed by atoms with E-state index in [1.54, 1.807) is 18.3 Å². The van der Waals surface area contributed by atoms with Crippen LogP contribution in [0.1, 0.15) is 33.3 Å². The lowest BCUT2D eigenvalue weighted by Crippen LogP contribution is -2.38. The summed E-state index contributed by atoms with van der Waals surface area (Å²) in [4.78, 5) is 31.2. The zero-order chi connectivity index (χ0) is 25.0. The molecule has 0 radical (unpaired) electrons. The lowest BCUT2D eigenvalue weighted by atomic mass is 10.2. The van der Waals surface area contributed by atoms with E-state index in [-0.39, 0.29) is 12.3 Å². The summed E-state index contributed by atoms with van der Waals surface area (Å²) in [6, 6.07) is 8.92. The van der Waals surface area contributed by atoms with E-state index in [1.165, 1.54) is 31.2 Å². The van der Waals surface area contributed by atoms with Crippen molar-refractivity contribution >= 4 is 23.4 Å². The van der Waals surface area contributed by atoms with Crippen LogP contribution < -0.4 is 10.2 Å². The molecule has 3 aromatic rings. The fourth-order valence-corrected chi connectivity index (χ4v) is 3.66. The minimum atomic E-state index is -4.85. The maximum atomic E-state index is 13.7. The Bertz CT molecular complexity index is 1200. The van der Waals surface area contributed by atoms with E-state index in [1.807, 2.05) is 4.90 Å². The van der Waals surface area contributed by atoms with E-state index in [0.717, 1.165) is 6.20 Å². The number of hydrogen-bond donors (Lipinski definition) is 1. The third kappa shape index (κ3) is 5.27. The topological polar surface area (TPSA) is 98.6 Å². The molecule has 0 spiro atoms. The maximum Gasteiger partial charge on any atom is 0.434 e. The molecule has 0 atom stereocenters. The summed E-state index contributed by atoms with van der Waals surface area (Å²) in [5, 5.41) is 6.48. The number of morpholine rings is 1. The first-order chi connectivity index (χ1) is 16.8. The Kier molecular flexibility index (Phi) is 7.01. The number of hydrogen-bond acceptors (Lipinski definition) is 7. The summed E-state index contributed by atoms with van der Waals surface area (Å²) in [5.41, 5.74) is -1.13. The Hall–Kier alpha value is -3.93. The average Bonchev–Trinajstić information content (AvgIpc) is 3.31. The first-order valence-corrected chi connectivity index (χ1v) is 10.8. The molecule has 0 aliphatic carbocycles. The number of amides is 1. The first-order valence-electron chi connectivity index (χ1n) is 10.8. The number of ether oxygens (including phenoxy) is 2. The maximum absolute atomic E-state index is 13.7. The summed E-state index contributed by atoms with van der Waals surface area (Å²) in [6.45, 7) is 3.70. The minimum Gasteiger partial charge on any atom is -0.462 e. The second kappa shape index (κ2) is 10.1. The number of esters is 1. The van der Waals surface area contributed by atoms with E-state index in [4.69, 9.17) is 9.47 Å². The van der Waals surface area contributed by atoms with E-state index < -0.39 is 29.3 Å². The Morgan fingerprint density at radius 2 is 1.83 bits per heavy atom. The second-order valence-corrected chi connectivity index (χ2v) is 7.51. The molecule has 1 aliphatic heterocycles. The van der Waals surface area contributed by atoms with E-state index in [0.29, 0.717) is 48.1 Å². The number of carbonyl (C=O) groups is 2. The Labute approximate surface area is 198 Å². The SMILES string of the molecule is CCOC(=O)c1cnn(-c2ccc(NC(=O)c3cccnc3N3CCOCC3)cc2)c1C(F)(F)F. The molecule has 1 N–H and O–H groups in total. The highest BCUT2D eigenvalue weighted by Crippen LogP contribution is 2.34. The zero-order valence-electron chi connectivity index (χ0n) is 18.7. The van der Waals surface area contributed by atoms with Crippen LogP contribution in [0.5, 0.6) is 0 Å². The Morgan fingerprint density at radius 3 is 2.49 bits per heavy atom. The minimum absolute atomic E-state index is 0.0567. The molecule has 1 saturated heterocycles. The van der Waals surface area contributed by atoms with Gasteiger partial charge in [-0.05, 0) is 43.3 Å². The van der Waals surface area contributed by atoms with Crippen LogP contribution >= 0.6 is 0 Å². The van der Waals surface area contributed by atoms with Gasteiger partial charge in [0, 0.05) is 25.0 Å². The van der Waals surface area contributed by atoms with Crippen molar-refractivity contribution in [1.82, 2.24) is 14.8 Å². The molecule has 9 nitrogen and oxygen atoms in total. The third-order valence-electron chi connectivity index (χ3n) is 5.24. The van der Waals surface area contributed by atoms with Crippen LogP contribution in [-0.2, 0) is 15.7 Å². The van der Waals surface area contributed by atoms with Gasteiger partial charge in [-0.3, -0.25) is 4.79 Å². The molecule has 1 aliphatic rings. The standard InChI is InChI=1S/C23H22F3N5O4/c1-2-35-22(33)18-14-28-31(19(18)23(24,25)26)16-7-5-15(6-8-16)29-21(32)17-4-3-9-27-20(17)30-10-12-34-13-11-30/h3-9,14H,2,10-13H2,1H3,(H,29,32). The number of nitrogens with zero attached hydrogens (tertiary/aromatic N) is 4. The van der Waals surface area contributed by atoms with Gasteiger partial charge in [0.2, 0.25) is 0 Å². The fraction of sp³-hybridized carbons (Fsp3) is 0.304. The van der Waals surface area contributed by atoms with Gasteiger partial charge in [0.1, 0.15) is 11.4 Å². The van der Waals surface area contributed by atoms with Crippen LogP contribution in [0.25, 0.3) is 5.69 Å². The Balaban J connectivity index is 1.56. The van der Waals surface area contributed by atoms with Crippen molar-refractivity contribution < 1.29 is 32.2 Å². The van der Waals surface area contributed by atoms with Gasteiger partial charge < -0.3 is 19.7 Å². The molecular weight excluding hydrogens is 467 g/mol. The van der Waals surface area contributed by atoms with E-state index in [2.05, 4.69) is 15.4 Å². The summed E-state index contributed by atoms with van der Waals surface area (Å²) in [5.74, 6) is -0.989. The van der Waals surface area contributed by atoms with Gasteiger partial charge in [0.25, 0.3) is 5.91 Å². The number of rotatable bonds is 6. The molecule has 4 rings (SSSR count). The van der Waals surface area contributed by atoms with Crippen molar-refractivity contribution in [2.75, 3.05) is 43.1 Å². The lowest BCUT2D eigenvalue weighted by molar-refractivity contribution is -0.143. The van der Waals surface area contributed by atoms with Gasteiger partial charge >= 0.3 is 12.1 Å². The summed E-state index contributed by atoms with van der Waals surface area (Å²) in [6.07, 6.45) is -2.42. The van der Waals surface area contributed by atoms with Gasteiger partial charge in [-0.2, -0.15) is 18.3 Å². The van der Waals surface area contributed by atoms with E-state index >= 15 is 0 Å². The third-order valence-corrected chi connectivity index (χ3v) is 5.24. The summed E-state index contributed by atoms with van der Waals surface area (Å²) >= 11 is 0. The van der Waals surface area contributed by atoms with Crippen molar-refractivity contribution in [3.8, 4) is 5.69 Å². The molecule has 0 saturated carbocycles. The zero-order valence-corrected chi connectivity index (χ0v) is 18.7. The van der Waals surface area contributed by atoms with Crippen LogP contribution in [0.2, 0.25) is 0 Å². The lowest BCUT2D eigenvalue weighted by Gasteiger charge is -2.29. The molecule has 1 aromatic carbocycles. The normalized spacial score (nSPS) is 14.0. The van der Waals surface area contributed by atoms with Crippen LogP contribution in [0, 0.1) is 0 Å². The quantitative estimate of drug-likeness (QED) is 0.529. The highest BCUT2D eigenvalue weighted by molar-refractivity contribution is 6.07. The van der Waals surface area contributed by atoms with Gasteiger partial charge in [-0.1, -0.05) is 0 Å². The number of nitrogens with one attached hydrogen (secondary N) is 1. The first kappa shape index (κ1) is 24.2. The monoisotopic (exact) mass is 489 g/mol. The predicted octanol–water partition coefficient (Wildman–Crippen LogP) is 3.55. The number of anilines is 2. The van der Waals surface area contributed by atoms with Crippen molar-refractivity contribution in [1.29, 1.82) is 0 Å². The van der Waals surface area contributed by atoms with E-state index in [9.17, 15) is 22.8 Å². The number of halogens is 3. The van der Waals surface area contributed by atoms with Gasteiger partial charge in [0.05, 0.1) is 37.3 Å². The summed E-state index contributed by atoms with van der Waals surface area (Å²) < 4.78 is 51.8. The van der Waals surface area contributed by atoms with Gasteiger partial charge in [-0.25, -0.2) is 14.5 Å². The van der Waals surface area contributed by atoms with Crippen molar-refractivity contribution in [2.45, 2.75) is 13.1 Å². The molecule has 0 bridgehead atoms. The number of aromatic nitrogens is 3. The molecule has 1 fully saturated rings. The number of pyridine rings is 1. The molecule has 0 unspecified atom stereocenters. The Morgan fingerprint density at radius 1 is 1.11 bits per heavy atom.